The molecule has 0 aromatic heterocycles. The second-order valence-corrected chi connectivity index (χ2v) is 2.40. The highest BCUT2D eigenvalue weighted by Crippen LogP contribution is 2.31. The van der Waals surface area contributed by atoms with Crippen molar-refractivity contribution in [3.8, 4) is 5.75 Å². The zero-order valence-corrected chi connectivity index (χ0v) is 6.16. The summed E-state index contributed by atoms with van der Waals surface area (Å²) in [6.45, 7) is 2.00. The number of benzene rings is 1. The first kappa shape index (κ1) is 6.22. The van der Waals surface area contributed by atoms with Crippen LogP contribution in [0.15, 0.2) is 23.2 Å². The molecule has 0 saturated carbocycles. The number of para-hydroxylation sites is 1. The maximum Gasteiger partial charge on any atom is 0.180 e. The Labute approximate surface area is 64.7 Å². The third-order valence-corrected chi connectivity index (χ3v) is 1.62. The quantitative estimate of drug-likeness (QED) is 0.605. The normalized spacial score (nSPS) is 13.2. The van der Waals surface area contributed by atoms with Gasteiger partial charge in [0.1, 0.15) is 12.0 Å². The Morgan fingerprint density at radius 2 is 2.36 bits per heavy atom. The van der Waals surface area contributed by atoms with Crippen LogP contribution in [0.4, 0.5) is 5.69 Å². The summed E-state index contributed by atoms with van der Waals surface area (Å²) < 4.78 is 0. The van der Waals surface area contributed by atoms with E-state index in [0.29, 0.717) is 0 Å². The molecule has 0 radical (unpaired) electrons. The fourth-order valence-corrected chi connectivity index (χ4v) is 1.06. The molecule has 0 unspecified atom stereocenters. The maximum absolute atomic E-state index is 5.10. The van der Waals surface area contributed by atoms with Crippen LogP contribution in [-0.2, 0) is 0 Å². The molecular formula is C8H8N2O. The molecular weight excluding hydrogens is 140 g/mol. The Morgan fingerprint density at radius 3 is 3.18 bits per heavy atom. The predicted octanol–water partition coefficient (Wildman–Crippen LogP) is 1.55. The van der Waals surface area contributed by atoms with E-state index in [1.54, 1.807) is 0 Å². The first-order valence-electron chi connectivity index (χ1n) is 3.42. The number of aliphatic imine (C=N–C) groups is 1. The van der Waals surface area contributed by atoms with Crippen LogP contribution in [0.5, 0.6) is 5.75 Å². The van der Waals surface area contributed by atoms with Crippen LogP contribution in [0.2, 0.25) is 0 Å². The van der Waals surface area contributed by atoms with E-state index in [9.17, 15) is 0 Å². The van der Waals surface area contributed by atoms with Gasteiger partial charge in [0.15, 0.2) is 5.75 Å². The molecule has 1 N–H and O–H groups in total. The van der Waals surface area contributed by atoms with Gasteiger partial charge in [-0.15, -0.1) is 0 Å². The van der Waals surface area contributed by atoms with Gasteiger partial charge < -0.3 is 4.84 Å². The van der Waals surface area contributed by atoms with Crippen LogP contribution in [-0.4, -0.2) is 6.34 Å². The van der Waals surface area contributed by atoms with Crippen molar-refractivity contribution in [2.75, 3.05) is 0 Å². The second-order valence-electron chi connectivity index (χ2n) is 2.40. The van der Waals surface area contributed by atoms with Crippen molar-refractivity contribution < 1.29 is 4.84 Å². The van der Waals surface area contributed by atoms with E-state index in [0.717, 1.165) is 17.0 Å². The Bertz CT molecular complexity index is 307. The average Bonchev–Trinajstić information content (AvgIpc) is 2.06. The molecule has 0 atom stereocenters. The second kappa shape index (κ2) is 2.27. The first-order chi connectivity index (χ1) is 5.38. The van der Waals surface area contributed by atoms with Gasteiger partial charge in [-0.1, -0.05) is 12.1 Å². The molecule has 0 amide bonds. The minimum Gasteiger partial charge on any atom is -0.379 e. The lowest BCUT2D eigenvalue weighted by Gasteiger charge is -2.12. The Balaban J connectivity index is 2.60. The largest absolute Gasteiger partial charge is 0.379 e. The standard InChI is InChI=1S/C8H8N2O/c1-6-3-2-4-7-8(6)9-5-10-11-7/h2-5H,1H3,(H,9,10). The number of fused-ring (bicyclic) bond motifs is 1. The van der Waals surface area contributed by atoms with Gasteiger partial charge in [-0.05, 0) is 18.6 Å². The lowest BCUT2D eigenvalue weighted by Crippen LogP contribution is -2.18. The number of aryl methyl sites for hydroxylation is 1. The van der Waals surface area contributed by atoms with Gasteiger partial charge >= 0.3 is 0 Å². The van der Waals surface area contributed by atoms with E-state index in [1.807, 2.05) is 25.1 Å². The van der Waals surface area contributed by atoms with Crippen LogP contribution >= 0.6 is 0 Å². The lowest BCUT2D eigenvalue weighted by molar-refractivity contribution is 0.263. The minimum atomic E-state index is 0.785. The number of nitrogens with one attached hydrogen (secondary N) is 1. The summed E-state index contributed by atoms with van der Waals surface area (Å²) in [5.41, 5.74) is 4.61. The van der Waals surface area contributed by atoms with Crippen LogP contribution in [0, 0.1) is 6.92 Å². The third-order valence-electron chi connectivity index (χ3n) is 1.62. The van der Waals surface area contributed by atoms with Crippen LogP contribution in [0.25, 0.3) is 0 Å². The summed E-state index contributed by atoms with van der Waals surface area (Å²) >= 11 is 0. The summed E-state index contributed by atoms with van der Waals surface area (Å²) in [7, 11) is 0. The highest BCUT2D eigenvalue weighted by atomic mass is 16.6. The van der Waals surface area contributed by atoms with Crippen LogP contribution in [0.3, 0.4) is 0 Å². The monoisotopic (exact) mass is 148 g/mol. The Kier molecular flexibility index (Phi) is 1.28. The molecule has 2 rings (SSSR count). The molecule has 1 heterocycles. The fraction of sp³-hybridized carbons (Fsp3) is 0.125. The maximum atomic E-state index is 5.10. The molecule has 11 heavy (non-hydrogen) atoms. The van der Waals surface area contributed by atoms with Crippen LogP contribution in [0.1, 0.15) is 5.56 Å². The molecule has 1 aromatic carbocycles. The molecule has 0 bridgehead atoms. The summed E-state index contributed by atoms with van der Waals surface area (Å²) in [5, 5.41) is 0. The number of hydroxylamine groups is 1. The number of hydrogen-bond acceptors (Lipinski definition) is 3. The molecule has 3 heteroatoms. The third kappa shape index (κ3) is 0.941. The van der Waals surface area contributed by atoms with E-state index in [1.165, 1.54) is 6.34 Å². The van der Waals surface area contributed by atoms with Gasteiger partial charge in [-0.3, -0.25) is 0 Å². The highest BCUT2D eigenvalue weighted by molar-refractivity contribution is 5.69. The SMILES string of the molecule is Cc1cccc2c1N=CNO2. The summed E-state index contributed by atoms with van der Waals surface area (Å²) in [4.78, 5) is 9.24. The predicted molar refractivity (Wildman–Crippen MR) is 43.1 cm³/mol. The molecule has 0 saturated heterocycles. The average molecular weight is 148 g/mol. The molecule has 1 aliphatic rings. The summed E-state index contributed by atoms with van der Waals surface area (Å²) in [5.74, 6) is 0.785. The topological polar surface area (TPSA) is 33.6 Å². The van der Waals surface area contributed by atoms with Gasteiger partial charge in [-0.25, -0.2) is 10.5 Å². The number of hydrogen-bond donors (Lipinski definition) is 1. The molecule has 0 aliphatic carbocycles. The molecule has 3 nitrogen and oxygen atoms in total. The van der Waals surface area contributed by atoms with E-state index < -0.39 is 0 Å². The van der Waals surface area contributed by atoms with Crippen molar-refractivity contribution >= 4 is 12.0 Å². The van der Waals surface area contributed by atoms with Crippen molar-refractivity contribution in [3.63, 3.8) is 0 Å². The lowest BCUT2D eigenvalue weighted by atomic mass is 10.2. The van der Waals surface area contributed by atoms with E-state index in [-0.39, 0.29) is 0 Å². The van der Waals surface area contributed by atoms with E-state index in [4.69, 9.17) is 4.84 Å². The highest BCUT2D eigenvalue weighted by Gasteiger charge is 2.07. The molecule has 1 aliphatic heterocycles. The van der Waals surface area contributed by atoms with Gasteiger partial charge in [0.25, 0.3) is 0 Å². The number of rotatable bonds is 0. The van der Waals surface area contributed by atoms with Gasteiger partial charge in [0.2, 0.25) is 0 Å². The molecule has 0 spiro atoms. The zero-order valence-electron chi connectivity index (χ0n) is 6.16. The van der Waals surface area contributed by atoms with Gasteiger partial charge in [-0.2, -0.15) is 0 Å². The number of nitrogens with zero attached hydrogens (tertiary/aromatic N) is 1. The fourth-order valence-electron chi connectivity index (χ4n) is 1.06. The molecule has 56 valence electrons. The Hall–Kier alpha value is -1.51. The minimum absolute atomic E-state index is 0.785. The Morgan fingerprint density at radius 1 is 1.45 bits per heavy atom. The van der Waals surface area contributed by atoms with Crippen molar-refractivity contribution in [2.45, 2.75) is 6.92 Å². The van der Waals surface area contributed by atoms with E-state index >= 15 is 0 Å². The van der Waals surface area contributed by atoms with Crippen molar-refractivity contribution in [1.82, 2.24) is 5.48 Å². The van der Waals surface area contributed by atoms with E-state index in [2.05, 4.69) is 10.5 Å². The van der Waals surface area contributed by atoms with Crippen molar-refractivity contribution in [3.05, 3.63) is 23.8 Å². The van der Waals surface area contributed by atoms with Gasteiger partial charge in [0, 0.05) is 0 Å². The van der Waals surface area contributed by atoms with Crippen molar-refractivity contribution in [1.29, 1.82) is 0 Å². The molecule has 1 aromatic rings. The summed E-state index contributed by atoms with van der Waals surface area (Å²) in [6.07, 6.45) is 1.54. The van der Waals surface area contributed by atoms with Crippen molar-refractivity contribution in [2.24, 2.45) is 4.99 Å². The molecule has 0 fully saturated rings. The first-order valence-corrected chi connectivity index (χ1v) is 3.42. The smallest absolute Gasteiger partial charge is 0.180 e. The zero-order chi connectivity index (χ0) is 7.68. The summed E-state index contributed by atoms with van der Waals surface area (Å²) in [6, 6.07) is 5.83. The van der Waals surface area contributed by atoms with Crippen LogP contribution < -0.4 is 10.3 Å². The van der Waals surface area contributed by atoms with Gasteiger partial charge in [0.05, 0.1) is 0 Å².